The van der Waals surface area contributed by atoms with Gasteiger partial charge in [-0.15, -0.1) is 0 Å². The van der Waals surface area contributed by atoms with Crippen molar-refractivity contribution in [3.8, 4) is 5.88 Å². The molecule has 0 atom stereocenters. The lowest BCUT2D eigenvalue weighted by Gasteiger charge is -2.38. The van der Waals surface area contributed by atoms with Crippen molar-refractivity contribution in [1.29, 1.82) is 0 Å². The van der Waals surface area contributed by atoms with E-state index in [1.54, 1.807) is 20.1 Å². The van der Waals surface area contributed by atoms with Gasteiger partial charge in [-0.3, -0.25) is 0 Å². The third-order valence-electron chi connectivity index (χ3n) is 6.20. The number of piperazine rings is 1. The van der Waals surface area contributed by atoms with Crippen molar-refractivity contribution in [2.24, 2.45) is 0 Å². The second-order valence-corrected chi connectivity index (χ2v) is 8.37. The molecule has 0 saturated carbocycles. The van der Waals surface area contributed by atoms with Crippen LogP contribution < -0.4 is 14.5 Å². The van der Waals surface area contributed by atoms with Crippen molar-refractivity contribution in [2.75, 3.05) is 57.2 Å². The Morgan fingerprint density at radius 1 is 0.968 bits per heavy atom. The van der Waals surface area contributed by atoms with E-state index >= 15 is 0 Å². The Morgan fingerprint density at radius 2 is 1.71 bits per heavy atom. The zero-order valence-electron chi connectivity index (χ0n) is 18.9. The number of anilines is 2. The second kappa shape index (κ2) is 9.00. The number of hydrogen-bond acceptors (Lipinski definition) is 5. The molecule has 1 aromatic carbocycles. The summed E-state index contributed by atoms with van der Waals surface area (Å²) in [5, 5.41) is 0. The molecular weight excluding hydrogens is 391 g/mol. The fourth-order valence-electron chi connectivity index (χ4n) is 4.22. The molecule has 1 saturated heterocycles. The van der Waals surface area contributed by atoms with E-state index in [0.717, 1.165) is 56.1 Å². The molecule has 31 heavy (non-hydrogen) atoms. The van der Waals surface area contributed by atoms with Gasteiger partial charge in [0.25, 0.3) is 0 Å². The van der Waals surface area contributed by atoms with Crippen LogP contribution in [-0.2, 0) is 0 Å². The summed E-state index contributed by atoms with van der Waals surface area (Å²) in [4.78, 5) is 11.6. The molecule has 0 unspecified atom stereocenters. The first-order valence-electron chi connectivity index (χ1n) is 10.8. The number of halogens is 1. The number of hydrogen-bond donors (Lipinski definition) is 0. The third kappa shape index (κ3) is 4.53. The molecule has 0 amide bonds. The fourth-order valence-corrected chi connectivity index (χ4v) is 4.22. The maximum Gasteiger partial charge on any atom is 0.213 e. The van der Waals surface area contributed by atoms with Gasteiger partial charge in [0.2, 0.25) is 5.88 Å². The normalized spacial score (nSPS) is 16.7. The summed E-state index contributed by atoms with van der Waals surface area (Å²) < 4.78 is 19.4. The average molecular weight is 423 g/mol. The van der Waals surface area contributed by atoms with E-state index in [-0.39, 0.29) is 5.82 Å². The van der Waals surface area contributed by atoms with Gasteiger partial charge in [-0.2, -0.15) is 0 Å². The highest BCUT2D eigenvalue weighted by Crippen LogP contribution is 2.34. The van der Waals surface area contributed by atoms with E-state index in [1.165, 1.54) is 11.3 Å². The topological polar surface area (TPSA) is 31.8 Å². The van der Waals surface area contributed by atoms with Crippen LogP contribution >= 0.6 is 0 Å². The molecule has 6 heteroatoms. The van der Waals surface area contributed by atoms with Crippen molar-refractivity contribution < 1.29 is 9.13 Å². The number of allylic oxidation sites excluding steroid dienone is 4. The SMILES string of the molecule is COc1ccc(N2CCN(c3ccc(C)c(F)c3)CC2)c(C2=CC=C(N(C)C)CC2)n1. The Morgan fingerprint density at radius 3 is 2.32 bits per heavy atom. The van der Waals surface area contributed by atoms with Gasteiger partial charge >= 0.3 is 0 Å². The van der Waals surface area contributed by atoms with Crippen LogP contribution in [0.3, 0.4) is 0 Å². The van der Waals surface area contributed by atoms with Gasteiger partial charge < -0.3 is 19.4 Å². The number of pyridine rings is 1. The van der Waals surface area contributed by atoms with E-state index in [1.807, 2.05) is 18.2 Å². The van der Waals surface area contributed by atoms with Gasteiger partial charge in [0.1, 0.15) is 5.82 Å². The van der Waals surface area contributed by atoms with E-state index in [2.05, 4.69) is 47.0 Å². The van der Waals surface area contributed by atoms with Crippen LogP contribution in [0.4, 0.5) is 15.8 Å². The molecule has 5 nitrogen and oxygen atoms in total. The molecule has 0 bridgehead atoms. The van der Waals surface area contributed by atoms with Crippen LogP contribution in [-0.4, -0.2) is 57.3 Å². The van der Waals surface area contributed by atoms with E-state index in [9.17, 15) is 4.39 Å². The van der Waals surface area contributed by atoms with Gasteiger partial charge in [0.15, 0.2) is 0 Å². The highest BCUT2D eigenvalue weighted by atomic mass is 19.1. The molecule has 0 N–H and O–H groups in total. The van der Waals surface area contributed by atoms with Gasteiger partial charge in [0, 0.05) is 57.7 Å². The van der Waals surface area contributed by atoms with Crippen molar-refractivity contribution >= 4 is 16.9 Å². The Labute approximate surface area is 184 Å². The minimum Gasteiger partial charge on any atom is -0.481 e. The Hall–Kier alpha value is -3.02. The van der Waals surface area contributed by atoms with Crippen molar-refractivity contribution in [3.05, 3.63) is 65.3 Å². The van der Waals surface area contributed by atoms with Gasteiger partial charge in [-0.1, -0.05) is 12.1 Å². The largest absolute Gasteiger partial charge is 0.481 e. The molecular formula is C25H31FN4O. The zero-order valence-corrected chi connectivity index (χ0v) is 18.9. The summed E-state index contributed by atoms with van der Waals surface area (Å²) in [6, 6.07) is 9.57. The quantitative estimate of drug-likeness (QED) is 0.709. The summed E-state index contributed by atoms with van der Waals surface area (Å²) in [6.45, 7) is 5.21. The van der Waals surface area contributed by atoms with Crippen LogP contribution in [0.15, 0.2) is 48.2 Å². The second-order valence-electron chi connectivity index (χ2n) is 8.37. The van der Waals surface area contributed by atoms with Crippen LogP contribution in [0.2, 0.25) is 0 Å². The maximum atomic E-state index is 14.0. The molecule has 1 aliphatic heterocycles. The van der Waals surface area contributed by atoms with Crippen molar-refractivity contribution in [2.45, 2.75) is 19.8 Å². The highest BCUT2D eigenvalue weighted by molar-refractivity contribution is 5.77. The number of methoxy groups -OCH3 is 1. The summed E-state index contributed by atoms with van der Waals surface area (Å²) >= 11 is 0. The number of ether oxygens (including phenoxy) is 1. The summed E-state index contributed by atoms with van der Waals surface area (Å²) in [5.74, 6) is 0.492. The predicted molar refractivity (Wildman–Crippen MR) is 125 cm³/mol. The molecule has 164 valence electrons. The monoisotopic (exact) mass is 422 g/mol. The van der Waals surface area contributed by atoms with Gasteiger partial charge in [0.05, 0.1) is 18.5 Å². The smallest absolute Gasteiger partial charge is 0.213 e. The molecule has 0 radical (unpaired) electrons. The number of aromatic nitrogens is 1. The first-order valence-corrected chi connectivity index (χ1v) is 10.8. The van der Waals surface area contributed by atoms with Gasteiger partial charge in [-0.05, 0) is 55.2 Å². The fraction of sp³-hybridized carbons (Fsp3) is 0.400. The predicted octanol–water partition coefficient (Wildman–Crippen LogP) is 4.49. The molecule has 2 aliphatic rings. The van der Waals surface area contributed by atoms with Crippen LogP contribution in [0, 0.1) is 12.7 Å². The molecule has 2 aromatic rings. The average Bonchev–Trinajstić information content (AvgIpc) is 2.80. The minimum absolute atomic E-state index is 0.143. The van der Waals surface area contributed by atoms with Crippen LogP contribution in [0.1, 0.15) is 24.1 Å². The number of nitrogens with zero attached hydrogens (tertiary/aromatic N) is 4. The lowest BCUT2D eigenvalue weighted by atomic mass is 9.97. The lowest BCUT2D eigenvalue weighted by molar-refractivity contribution is 0.397. The zero-order chi connectivity index (χ0) is 22.0. The van der Waals surface area contributed by atoms with E-state index in [0.29, 0.717) is 11.4 Å². The molecule has 2 heterocycles. The van der Waals surface area contributed by atoms with E-state index in [4.69, 9.17) is 9.72 Å². The summed E-state index contributed by atoms with van der Waals surface area (Å²) in [5.41, 5.74) is 6.34. The third-order valence-corrected chi connectivity index (χ3v) is 6.20. The number of rotatable bonds is 5. The molecule has 1 aromatic heterocycles. The van der Waals surface area contributed by atoms with Crippen LogP contribution in [0.5, 0.6) is 5.88 Å². The first kappa shape index (κ1) is 21.2. The molecule has 1 fully saturated rings. The Balaban J connectivity index is 1.56. The Bertz CT molecular complexity index is 1010. The first-order chi connectivity index (χ1) is 15.0. The highest BCUT2D eigenvalue weighted by Gasteiger charge is 2.23. The Kier molecular flexibility index (Phi) is 6.16. The van der Waals surface area contributed by atoms with Crippen molar-refractivity contribution in [1.82, 2.24) is 9.88 Å². The summed E-state index contributed by atoms with van der Waals surface area (Å²) in [7, 11) is 5.82. The van der Waals surface area contributed by atoms with Crippen LogP contribution in [0.25, 0.3) is 5.57 Å². The molecule has 0 spiro atoms. The maximum absolute atomic E-state index is 14.0. The lowest BCUT2D eigenvalue weighted by Crippen LogP contribution is -2.47. The molecule has 1 aliphatic carbocycles. The molecule has 4 rings (SSSR count). The van der Waals surface area contributed by atoms with E-state index < -0.39 is 0 Å². The van der Waals surface area contributed by atoms with Gasteiger partial charge in [-0.25, -0.2) is 9.37 Å². The number of benzene rings is 1. The van der Waals surface area contributed by atoms with Crippen molar-refractivity contribution in [3.63, 3.8) is 0 Å². The minimum atomic E-state index is -0.143. The summed E-state index contributed by atoms with van der Waals surface area (Å²) in [6.07, 6.45) is 6.34. The standard InChI is InChI=1S/C25H31FN4O/c1-18-5-8-21(17-22(18)26)29-13-15-30(16-14-29)23-11-12-24(31-4)27-25(23)19-6-9-20(10-7-19)28(2)3/h5-6,8-9,11-12,17H,7,10,13-16H2,1-4H3. The number of aryl methyl sites for hydroxylation is 1.